The molecule has 0 saturated carbocycles. The maximum absolute atomic E-state index is 9.48. The fraction of sp³-hybridized carbons (Fsp3) is 0.0204. The summed E-state index contributed by atoms with van der Waals surface area (Å²) in [6.45, 7) is 0. The van der Waals surface area contributed by atoms with Crippen molar-refractivity contribution in [3.8, 4) is 79.4 Å². The van der Waals surface area contributed by atoms with Crippen LogP contribution in [0.5, 0.6) is 0 Å². The first-order chi connectivity index (χ1) is 26.2. The molecule has 8 aromatic rings. The summed E-state index contributed by atoms with van der Waals surface area (Å²) in [5.74, 6) is 0.559. The second-order valence-electron chi connectivity index (χ2n) is 13.5. The van der Waals surface area contributed by atoms with Crippen molar-refractivity contribution in [2.24, 2.45) is 0 Å². The third-order valence-electron chi connectivity index (χ3n) is 10.8. The fourth-order valence-electron chi connectivity index (χ4n) is 8.49. The molecule has 53 heavy (non-hydrogen) atoms. The van der Waals surface area contributed by atoms with Crippen LogP contribution < -0.4 is 0 Å². The lowest BCUT2D eigenvalue weighted by Crippen LogP contribution is -2.29. The van der Waals surface area contributed by atoms with Crippen molar-refractivity contribution in [1.29, 1.82) is 10.5 Å². The van der Waals surface area contributed by atoms with Crippen LogP contribution in [0, 0.1) is 22.7 Å². The molecular formula is C49H28N4. The van der Waals surface area contributed by atoms with Gasteiger partial charge in [0.05, 0.1) is 40.1 Å². The van der Waals surface area contributed by atoms with E-state index in [-0.39, 0.29) is 0 Å². The zero-order valence-corrected chi connectivity index (χ0v) is 28.5. The van der Waals surface area contributed by atoms with E-state index in [1.807, 2.05) is 42.5 Å². The average Bonchev–Trinajstić information content (AvgIpc) is 3.48. The van der Waals surface area contributed by atoms with Gasteiger partial charge in [0.1, 0.15) is 0 Å². The van der Waals surface area contributed by atoms with Gasteiger partial charge in [-0.15, -0.1) is 0 Å². The highest BCUT2D eigenvalue weighted by Gasteiger charge is 2.49. The Morgan fingerprint density at radius 1 is 0.358 bits per heavy atom. The summed E-state index contributed by atoms with van der Waals surface area (Å²) in [4.78, 5) is 10.2. The lowest BCUT2D eigenvalue weighted by Gasteiger charge is -2.35. The van der Waals surface area contributed by atoms with Crippen LogP contribution in [0.2, 0.25) is 0 Å². The number of aromatic nitrogens is 2. The average molecular weight is 673 g/mol. The van der Waals surface area contributed by atoms with Gasteiger partial charge in [0.2, 0.25) is 0 Å². The molecule has 0 N–H and O–H groups in total. The van der Waals surface area contributed by atoms with Crippen molar-refractivity contribution in [2.45, 2.75) is 5.41 Å². The van der Waals surface area contributed by atoms with Crippen LogP contribution in [-0.4, -0.2) is 9.97 Å². The standard InChI is InChI=1S/C49H28N4/c50-29-31-17-21-33(22-18-31)46-28-47(53-48(52-46)34-23-19-32(30-51)20-24-34)35-25-26-41-37-10-2-1-9-36(37)38-11-3-6-14-42(38)49(45(41)27-35)43-15-7-4-12-39(43)40-13-5-8-16-44(40)49/h1-28H. The molecule has 0 amide bonds. The molecule has 2 aliphatic rings. The van der Waals surface area contributed by atoms with E-state index in [9.17, 15) is 10.5 Å². The summed E-state index contributed by atoms with van der Waals surface area (Å²) >= 11 is 0. The lowest BCUT2D eigenvalue weighted by molar-refractivity contribution is 0.775. The van der Waals surface area contributed by atoms with Crippen LogP contribution in [0.25, 0.3) is 67.3 Å². The highest BCUT2D eigenvalue weighted by Crippen LogP contribution is 2.61. The summed E-state index contributed by atoms with van der Waals surface area (Å²) in [6.07, 6.45) is 0. The van der Waals surface area contributed by atoms with Crippen molar-refractivity contribution in [3.63, 3.8) is 0 Å². The monoisotopic (exact) mass is 672 g/mol. The van der Waals surface area contributed by atoms with Crippen LogP contribution >= 0.6 is 0 Å². The second kappa shape index (κ2) is 11.8. The molecule has 0 saturated heterocycles. The highest BCUT2D eigenvalue weighted by atomic mass is 14.9. The summed E-state index contributed by atoms with van der Waals surface area (Å²) < 4.78 is 0. The van der Waals surface area contributed by atoms with Crippen LogP contribution in [0.4, 0.5) is 0 Å². The first kappa shape index (κ1) is 30.4. The van der Waals surface area contributed by atoms with E-state index < -0.39 is 5.41 Å². The molecule has 0 atom stereocenters. The quantitative estimate of drug-likeness (QED) is 0.187. The predicted molar refractivity (Wildman–Crippen MR) is 210 cm³/mol. The van der Waals surface area contributed by atoms with Gasteiger partial charge in [-0.1, -0.05) is 121 Å². The van der Waals surface area contributed by atoms with Crippen LogP contribution in [0.1, 0.15) is 33.4 Å². The number of rotatable bonds is 3. The van der Waals surface area contributed by atoms with E-state index in [0.717, 1.165) is 28.1 Å². The van der Waals surface area contributed by atoms with Crippen LogP contribution in [-0.2, 0) is 5.41 Å². The SMILES string of the molecule is N#Cc1ccc(-c2cc(-c3ccc4c(c3)C3(c5ccccc5-c5ccccc5-4)c4ccccc4-c4ccccc43)nc(-c3ccc(C#N)cc3)n2)cc1. The van der Waals surface area contributed by atoms with Crippen molar-refractivity contribution in [2.75, 3.05) is 0 Å². The smallest absolute Gasteiger partial charge is 0.160 e. The van der Waals surface area contributed by atoms with E-state index in [1.165, 1.54) is 55.6 Å². The van der Waals surface area contributed by atoms with Gasteiger partial charge in [0.25, 0.3) is 0 Å². The van der Waals surface area contributed by atoms with Gasteiger partial charge in [-0.2, -0.15) is 10.5 Å². The number of hydrogen-bond acceptors (Lipinski definition) is 4. The minimum absolute atomic E-state index is 0.559. The Bertz CT molecular complexity index is 2730. The topological polar surface area (TPSA) is 73.4 Å². The molecule has 0 fully saturated rings. The van der Waals surface area contributed by atoms with Gasteiger partial charge < -0.3 is 0 Å². The molecule has 1 heterocycles. The molecule has 2 aliphatic carbocycles. The minimum atomic E-state index is -0.604. The molecule has 7 aromatic carbocycles. The lowest BCUT2D eigenvalue weighted by atomic mass is 9.65. The number of fused-ring (bicyclic) bond motifs is 12. The van der Waals surface area contributed by atoms with Crippen molar-refractivity contribution in [1.82, 2.24) is 9.97 Å². The molecule has 0 aliphatic heterocycles. The van der Waals surface area contributed by atoms with Gasteiger partial charge in [0.15, 0.2) is 5.82 Å². The Morgan fingerprint density at radius 3 is 1.26 bits per heavy atom. The molecule has 0 radical (unpaired) electrons. The number of nitrogens with zero attached hydrogens (tertiary/aromatic N) is 4. The highest BCUT2D eigenvalue weighted by molar-refractivity contribution is 5.97. The van der Waals surface area contributed by atoms with E-state index in [4.69, 9.17) is 9.97 Å². The Morgan fingerprint density at radius 2 is 0.755 bits per heavy atom. The van der Waals surface area contributed by atoms with Gasteiger partial charge in [0, 0.05) is 16.7 Å². The summed E-state index contributed by atoms with van der Waals surface area (Å²) in [5.41, 5.74) is 17.0. The minimum Gasteiger partial charge on any atom is -0.228 e. The summed E-state index contributed by atoms with van der Waals surface area (Å²) in [6, 6.07) is 63.5. The summed E-state index contributed by atoms with van der Waals surface area (Å²) in [5, 5.41) is 19.0. The number of nitriles is 2. The Labute approximate surface area is 307 Å². The maximum atomic E-state index is 9.48. The Kier molecular flexibility index (Phi) is 6.80. The molecule has 1 aromatic heterocycles. The van der Waals surface area contributed by atoms with E-state index in [2.05, 4.69) is 127 Å². The largest absolute Gasteiger partial charge is 0.228 e. The molecule has 0 unspecified atom stereocenters. The maximum Gasteiger partial charge on any atom is 0.160 e. The van der Waals surface area contributed by atoms with Gasteiger partial charge in [-0.05, 0) is 104 Å². The molecule has 244 valence electrons. The van der Waals surface area contributed by atoms with E-state index in [1.54, 1.807) is 12.1 Å². The van der Waals surface area contributed by atoms with Crippen molar-refractivity contribution < 1.29 is 0 Å². The first-order valence-corrected chi connectivity index (χ1v) is 17.6. The number of benzene rings is 7. The van der Waals surface area contributed by atoms with Gasteiger partial charge >= 0.3 is 0 Å². The zero-order valence-electron chi connectivity index (χ0n) is 28.5. The van der Waals surface area contributed by atoms with Crippen molar-refractivity contribution >= 4 is 0 Å². The van der Waals surface area contributed by atoms with Gasteiger partial charge in [-0.25, -0.2) is 9.97 Å². The third kappa shape index (κ3) is 4.53. The van der Waals surface area contributed by atoms with Crippen molar-refractivity contribution in [3.05, 3.63) is 203 Å². The van der Waals surface area contributed by atoms with E-state index >= 15 is 0 Å². The van der Waals surface area contributed by atoms with Gasteiger partial charge in [-0.3, -0.25) is 0 Å². The Balaban J connectivity index is 1.29. The van der Waals surface area contributed by atoms with Crippen LogP contribution in [0.15, 0.2) is 170 Å². The first-order valence-electron chi connectivity index (χ1n) is 17.6. The fourth-order valence-corrected chi connectivity index (χ4v) is 8.49. The second-order valence-corrected chi connectivity index (χ2v) is 13.5. The molecule has 1 spiro atoms. The molecule has 0 bridgehead atoms. The van der Waals surface area contributed by atoms with Crippen LogP contribution in [0.3, 0.4) is 0 Å². The molecule has 10 rings (SSSR count). The Hall–Kier alpha value is -7.40. The zero-order chi connectivity index (χ0) is 35.5. The number of hydrogen-bond donors (Lipinski definition) is 0. The summed E-state index contributed by atoms with van der Waals surface area (Å²) in [7, 11) is 0. The molecule has 4 nitrogen and oxygen atoms in total. The van der Waals surface area contributed by atoms with E-state index in [0.29, 0.717) is 17.0 Å². The predicted octanol–water partition coefficient (Wildman–Crippen LogP) is 11.2. The third-order valence-corrected chi connectivity index (χ3v) is 10.8. The molecule has 4 heteroatoms. The molecular weight excluding hydrogens is 645 g/mol. The normalized spacial score (nSPS) is 12.6.